The molecule has 5 heteroatoms. The maximum Gasteiger partial charge on any atom is 0.142 e. The van der Waals surface area contributed by atoms with Gasteiger partial charge in [-0.3, -0.25) is 4.68 Å². The molecule has 0 fully saturated rings. The van der Waals surface area contributed by atoms with Gasteiger partial charge in [0, 0.05) is 30.9 Å². The first-order valence-electron chi connectivity index (χ1n) is 6.15. The summed E-state index contributed by atoms with van der Waals surface area (Å²) in [6.07, 6.45) is 1.84. The third-order valence-corrected chi connectivity index (χ3v) is 3.69. The first-order chi connectivity index (χ1) is 8.99. The predicted molar refractivity (Wildman–Crippen MR) is 74.6 cm³/mol. The Kier molecular flexibility index (Phi) is 4.22. The molecule has 0 saturated heterocycles. The van der Waals surface area contributed by atoms with Crippen molar-refractivity contribution in [1.29, 1.82) is 0 Å². The lowest BCUT2D eigenvalue weighted by molar-refractivity contribution is 0.563. The Morgan fingerprint density at radius 3 is 2.79 bits per heavy atom. The van der Waals surface area contributed by atoms with E-state index >= 15 is 0 Å². The van der Waals surface area contributed by atoms with Crippen molar-refractivity contribution in [2.75, 3.05) is 0 Å². The van der Waals surface area contributed by atoms with E-state index in [0.717, 1.165) is 16.8 Å². The lowest BCUT2D eigenvalue weighted by atomic mass is 10.1. The number of hydrogen-bond acceptors (Lipinski definition) is 2. The van der Waals surface area contributed by atoms with Gasteiger partial charge in [-0.15, -0.1) is 0 Å². The number of nitrogens with one attached hydrogen (secondary N) is 1. The van der Waals surface area contributed by atoms with Crippen molar-refractivity contribution >= 4 is 11.6 Å². The lowest BCUT2D eigenvalue weighted by Gasteiger charge is -2.14. The highest BCUT2D eigenvalue weighted by Crippen LogP contribution is 2.20. The van der Waals surface area contributed by atoms with Crippen LogP contribution in [-0.4, -0.2) is 9.78 Å². The summed E-state index contributed by atoms with van der Waals surface area (Å²) in [7, 11) is 1.91. The quantitative estimate of drug-likeness (QED) is 0.931. The second-order valence-corrected chi connectivity index (χ2v) is 5.06. The molecule has 0 aliphatic carbocycles. The minimum Gasteiger partial charge on any atom is -0.306 e. The zero-order valence-corrected chi connectivity index (χ0v) is 12.0. The third kappa shape index (κ3) is 3.14. The fraction of sp³-hybridized carbons (Fsp3) is 0.357. The van der Waals surface area contributed by atoms with Crippen molar-refractivity contribution in [3.05, 3.63) is 52.1 Å². The number of aryl methyl sites for hydroxylation is 1. The molecule has 2 aromatic rings. The highest BCUT2D eigenvalue weighted by molar-refractivity contribution is 6.30. The molecular formula is C14H17ClFN3. The van der Waals surface area contributed by atoms with Crippen LogP contribution in [0.2, 0.25) is 5.02 Å². The zero-order chi connectivity index (χ0) is 14.0. The summed E-state index contributed by atoms with van der Waals surface area (Å²) < 4.78 is 15.2. The Hall–Kier alpha value is -1.39. The van der Waals surface area contributed by atoms with Crippen molar-refractivity contribution in [2.24, 2.45) is 7.05 Å². The molecule has 1 atom stereocenters. The van der Waals surface area contributed by atoms with Crippen molar-refractivity contribution < 1.29 is 4.39 Å². The smallest absolute Gasteiger partial charge is 0.142 e. The molecule has 1 aromatic carbocycles. The standard InChI is InChI=1S/C14H17ClFN3/c1-9(11-4-5-13(15)14(16)6-11)17-7-12-8-18-19(3)10(12)2/h4-6,8-9,17H,7H2,1-3H3. The van der Waals surface area contributed by atoms with Crippen LogP contribution < -0.4 is 5.32 Å². The van der Waals surface area contributed by atoms with E-state index in [9.17, 15) is 4.39 Å². The molecule has 0 saturated carbocycles. The fourth-order valence-corrected chi connectivity index (χ4v) is 2.00. The highest BCUT2D eigenvalue weighted by atomic mass is 35.5. The van der Waals surface area contributed by atoms with E-state index in [1.807, 2.05) is 37.8 Å². The van der Waals surface area contributed by atoms with Crippen LogP contribution in [-0.2, 0) is 13.6 Å². The summed E-state index contributed by atoms with van der Waals surface area (Å²) in [5.41, 5.74) is 3.15. The average Bonchev–Trinajstić information content (AvgIpc) is 2.70. The maximum absolute atomic E-state index is 13.4. The van der Waals surface area contributed by atoms with Gasteiger partial charge in [-0.05, 0) is 31.5 Å². The van der Waals surface area contributed by atoms with E-state index in [4.69, 9.17) is 11.6 Å². The number of halogens is 2. The summed E-state index contributed by atoms with van der Waals surface area (Å²) >= 11 is 5.68. The van der Waals surface area contributed by atoms with E-state index in [1.165, 1.54) is 6.07 Å². The first kappa shape index (κ1) is 14.0. The summed E-state index contributed by atoms with van der Waals surface area (Å²) in [6, 6.07) is 4.93. The van der Waals surface area contributed by atoms with Gasteiger partial charge in [-0.2, -0.15) is 5.10 Å². The molecule has 1 heterocycles. The van der Waals surface area contributed by atoms with Gasteiger partial charge in [0.25, 0.3) is 0 Å². The normalized spacial score (nSPS) is 12.7. The summed E-state index contributed by atoms with van der Waals surface area (Å²) in [6.45, 7) is 4.72. The number of nitrogens with zero attached hydrogens (tertiary/aromatic N) is 2. The monoisotopic (exact) mass is 281 g/mol. The molecule has 102 valence electrons. The van der Waals surface area contributed by atoms with Crippen molar-refractivity contribution in [2.45, 2.75) is 26.4 Å². The van der Waals surface area contributed by atoms with E-state index in [2.05, 4.69) is 10.4 Å². The number of benzene rings is 1. The Morgan fingerprint density at radius 2 is 2.21 bits per heavy atom. The predicted octanol–water partition coefficient (Wildman–Crippen LogP) is 3.37. The van der Waals surface area contributed by atoms with Crippen LogP contribution >= 0.6 is 11.6 Å². The second kappa shape index (κ2) is 5.72. The molecule has 0 radical (unpaired) electrons. The van der Waals surface area contributed by atoms with E-state index in [-0.39, 0.29) is 16.9 Å². The summed E-state index contributed by atoms with van der Waals surface area (Å²) in [4.78, 5) is 0. The molecule has 0 aliphatic rings. The summed E-state index contributed by atoms with van der Waals surface area (Å²) in [5.74, 6) is -0.384. The van der Waals surface area contributed by atoms with Gasteiger partial charge in [0.05, 0.1) is 11.2 Å². The summed E-state index contributed by atoms with van der Waals surface area (Å²) in [5, 5.41) is 7.70. The molecule has 1 unspecified atom stereocenters. The molecule has 0 bridgehead atoms. The van der Waals surface area contributed by atoms with Crippen molar-refractivity contribution in [3.63, 3.8) is 0 Å². The van der Waals surface area contributed by atoms with Crippen LogP contribution in [0.1, 0.15) is 29.8 Å². The van der Waals surface area contributed by atoms with Gasteiger partial charge in [0.15, 0.2) is 0 Å². The van der Waals surface area contributed by atoms with Crippen LogP contribution in [0.25, 0.3) is 0 Å². The maximum atomic E-state index is 13.4. The lowest BCUT2D eigenvalue weighted by Crippen LogP contribution is -2.18. The van der Waals surface area contributed by atoms with Crippen LogP contribution in [0.15, 0.2) is 24.4 Å². The molecular weight excluding hydrogens is 265 g/mol. The molecule has 0 spiro atoms. The number of aromatic nitrogens is 2. The van der Waals surface area contributed by atoms with E-state index in [0.29, 0.717) is 6.54 Å². The molecule has 1 N–H and O–H groups in total. The molecule has 19 heavy (non-hydrogen) atoms. The van der Waals surface area contributed by atoms with Crippen LogP contribution in [0.3, 0.4) is 0 Å². The van der Waals surface area contributed by atoms with Crippen LogP contribution in [0.5, 0.6) is 0 Å². The minimum absolute atomic E-state index is 0.0476. The molecule has 2 rings (SSSR count). The molecule has 0 amide bonds. The van der Waals surface area contributed by atoms with Gasteiger partial charge in [0.1, 0.15) is 5.82 Å². The van der Waals surface area contributed by atoms with Gasteiger partial charge in [-0.25, -0.2) is 4.39 Å². The van der Waals surface area contributed by atoms with Crippen molar-refractivity contribution in [1.82, 2.24) is 15.1 Å². The third-order valence-electron chi connectivity index (χ3n) is 3.38. The Balaban J connectivity index is 2.03. The minimum atomic E-state index is -0.384. The second-order valence-electron chi connectivity index (χ2n) is 4.65. The molecule has 3 nitrogen and oxygen atoms in total. The van der Waals surface area contributed by atoms with Crippen LogP contribution in [0.4, 0.5) is 4.39 Å². The number of hydrogen-bond donors (Lipinski definition) is 1. The molecule has 0 aliphatic heterocycles. The van der Waals surface area contributed by atoms with E-state index in [1.54, 1.807) is 6.07 Å². The first-order valence-corrected chi connectivity index (χ1v) is 6.52. The van der Waals surface area contributed by atoms with Gasteiger partial charge in [-0.1, -0.05) is 17.7 Å². The van der Waals surface area contributed by atoms with Crippen molar-refractivity contribution in [3.8, 4) is 0 Å². The van der Waals surface area contributed by atoms with E-state index < -0.39 is 0 Å². The highest BCUT2D eigenvalue weighted by Gasteiger charge is 2.10. The fourth-order valence-electron chi connectivity index (χ4n) is 1.88. The number of rotatable bonds is 4. The van der Waals surface area contributed by atoms with Gasteiger partial charge >= 0.3 is 0 Å². The van der Waals surface area contributed by atoms with Gasteiger partial charge < -0.3 is 5.32 Å². The zero-order valence-electron chi connectivity index (χ0n) is 11.2. The van der Waals surface area contributed by atoms with Crippen LogP contribution in [0, 0.1) is 12.7 Å². The Morgan fingerprint density at radius 1 is 1.47 bits per heavy atom. The largest absolute Gasteiger partial charge is 0.306 e. The molecule has 1 aromatic heterocycles. The SMILES string of the molecule is Cc1c(CNC(C)c2ccc(Cl)c(F)c2)cnn1C. The average molecular weight is 282 g/mol. The Labute approximate surface area is 117 Å². The Bertz CT molecular complexity index is 580. The topological polar surface area (TPSA) is 29.9 Å². The van der Waals surface area contributed by atoms with Gasteiger partial charge in [0.2, 0.25) is 0 Å².